The van der Waals surface area contributed by atoms with Crippen molar-refractivity contribution in [2.24, 2.45) is 17.0 Å². The standard InChI is InChI=1S/C17H24N4O4S/c18-26(24,25)15-5-1-4-14(8-15)21-11-13(7-16(21)22)17(23)20-10-12-3-2-6-19-9-12/h1,4-5,8,12-13,19H,2-3,6-7,9-11H2,(H,20,23)(H2,18,24,25). The third kappa shape index (κ3) is 4.40. The second-order valence-corrected chi connectivity index (χ2v) is 8.47. The van der Waals surface area contributed by atoms with E-state index in [-0.39, 0.29) is 29.7 Å². The lowest BCUT2D eigenvalue weighted by Crippen LogP contribution is -2.40. The summed E-state index contributed by atoms with van der Waals surface area (Å²) in [5, 5.41) is 11.4. The van der Waals surface area contributed by atoms with Crippen molar-refractivity contribution in [3.05, 3.63) is 24.3 Å². The predicted molar refractivity (Wildman–Crippen MR) is 96.9 cm³/mol. The van der Waals surface area contributed by atoms with Gasteiger partial charge >= 0.3 is 0 Å². The van der Waals surface area contributed by atoms with E-state index in [9.17, 15) is 18.0 Å². The van der Waals surface area contributed by atoms with Crippen molar-refractivity contribution in [1.82, 2.24) is 10.6 Å². The van der Waals surface area contributed by atoms with Gasteiger partial charge in [-0.25, -0.2) is 13.6 Å². The second kappa shape index (κ2) is 7.73. The van der Waals surface area contributed by atoms with Crippen LogP contribution in [0.1, 0.15) is 19.3 Å². The number of nitrogens with one attached hydrogen (secondary N) is 2. The minimum Gasteiger partial charge on any atom is -0.355 e. The highest BCUT2D eigenvalue weighted by molar-refractivity contribution is 7.89. The third-order valence-electron chi connectivity index (χ3n) is 4.92. The molecule has 0 aromatic heterocycles. The summed E-state index contributed by atoms with van der Waals surface area (Å²) in [5.41, 5.74) is 0.438. The van der Waals surface area contributed by atoms with Crippen LogP contribution in [0.25, 0.3) is 0 Å². The lowest BCUT2D eigenvalue weighted by molar-refractivity contribution is -0.126. The molecule has 2 heterocycles. The molecule has 0 saturated carbocycles. The molecule has 2 amide bonds. The smallest absolute Gasteiger partial charge is 0.238 e. The Morgan fingerprint density at radius 1 is 1.38 bits per heavy atom. The van der Waals surface area contributed by atoms with Crippen LogP contribution in [-0.4, -0.2) is 46.4 Å². The Morgan fingerprint density at radius 3 is 2.88 bits per heavy atom. The van der Waals surface area contributed by atoms with Gasteiger partial charge in [-0.15, -0.1) is 0 Å². The van der Waals surface area contributed by atoms with Gasteiger partial charge in [0.2, 0.25) is 21.8 Å². The molecule has 3 rings (SSSR count). The summed E-state index contributed by atoms with van der Waals surface area (Å²) in [5.74, 6) is -0.338. The summed E-state index contributed by atoms with van der Waals surface area (Å²) in [7, 11) is -3.85. The van der Waals surface area contributed by atoms with Gasteiger partial charge in [0.15, 0.2) is 0 Å². The van der Waals surface area contributed by atoms with E-state index in [0.717, 1.165) is 25.9 Å². The first-order valence-corrected chi connectivity index (χ1v) is 10.3. The van der Waals surface area contributed by atoms with Crippen LogP contribution in [0.2, 0.25) is 0 Å². The molecule has 142 valence electrons. The zero-order valence-corrected chi connectivity index (χ0v) is 15.3. The Kier molecular flexibility index (Phi) is 5.59. The van der Waals surface area contributed by atoms with Crippen LogP contribution in [0.4, 0.5) is 5.69 Å². The highest BCUT2D eigenvalue weighted by Gasteiger charge is 2.35. The molecule has 26 heavy (non-hydrogen) atoms. The van der Waals surface area contributed by atoms with Crippen molar-refractivity contribution < 1.29 is 18.0 Å². The Morgan fingerprint density at radius 2 is 2.19 bits per heavy atom. The molecule has 2 saturated heterocycles. The molecule has 9 heteroatoms. The maximum atomic E-state index is 12.4. The molecular formula is C17H24N4O4S. The molecule has 1 aromatic rings. The van der Waals surface area contributed by atoms with Gasteiger partial charge in [-0.1, -0.05) is 6.07 Å². The topological polar surface area (TPSA) is 122 Å². The quantitative estimate of drug-likeness (QED) is 0.653. The molecule has 8 nitrogen and oxygen atoms in total. The molecular weight excluding hydrogens is 356 g/mol. The molecule has 0 bridgehead atoms. The summed E-state index contributed by atoms with van der Waals surface area (Å²) in [4.78, 5) is 26.1. The summed E-state index contributed by atoms with van der Waals surface area (Å²) < 4.78 is 23.0. The number of nitrogens with zero attached hydrogens (tertiary/aromatic N) is 1. The summed E-state index contributed by atoms with van der Waals surface area (Å²) in [6.45, 7) is 2.77. The third-order valence-corrected chi connectivity index (χ3v) is 5.83. The molecule has 2 aliphatic heterocycles. The molecule has 0 spiro atoms. The first kappa shape index (κ1) is 18.8. The van der Waals surface area contributed by atoms with Gasteiger partial charge in [0.1, 0.15) is 0 Å². The van der Waals surface area contributed by atoms with E-state index in [1.54, 1.807) is 6.07 Å². The van der Waals surface area contributed by atoms with E-state index in [1.165, 1.54) is 23.1 Å². The number of benzene rings is 1. The van der Waals surface area contributed by atoms with E-state index in [4.69, 9.17) is 5.14 Å². The van der Waals surface area contributed by atoms with Gasteiger partial charge < -0.3 is 15.5 Å². The summed E-state index contributed by atoms with van der Waals surface area (Å²) in [6, 6.07) is 5.91. The van der Waals surface area contributed by atoms with Crippen LogP contribution >= 0.6 is 0 Å². The molecule has 1 aromatic carbocycles. The number of rotatable bonds is 5. The van der Waals surface area contributed by atoms with Crippen LogP contribution in [-0.2, 0) is 19.6 Å². The monoisotopic (exact) mass is 380 g/mol. The Bertz CT molecular complexity index is 790. The van der Waals surface area contributed by atoms with Gasteiger partial charge in [-0.05, 0) is 50.0 Å². The van der Waals surface area contributed by atoms with Crippen molar-refractivity contribution in [2.75, 3.05) is 31.1 Å². The number of primary sulfonamides is 1. The van der Waals surface area contributed by atoms with Crippen LogP contribution in [0, 0.1) is 11.8 Å². The van der Waals surface area contributed by atoms with E-state index in [2.05, 4.69) is 10.6 Å². The number of carbonyl (C=O) groups is 2. The van der Waals surface area contributed by atoms with E-state index >= 15 is 0 Å². The number of hydrogen-bond donors (Lipinski definition) is 3. The first-order valence-electron chi connectivity index (χ1n) is 8.76. The SMILES string of the molecule is NS(=O)(=O)c1cccc(N2CC(C(=O)NCC3CCCNC3)CC2=O)c1. The average Bonchev–Trinajstić information content (AvgIpc) is 3.02. The van der Waals surface area contributed by atoms with E-state index in [1.807, 2.05) is 0 Å². The average molecular weight is 380 g/mol. The number of amides is 2. The predicted octanol–water partition coefficient (Wildman–Crippen LogP) is -0.197. The molecule has 0 radical (unpaired) electrons. The number of carbonyl (C=O) groups excluding carboxylic acids is 2. The van der Waals surface area contributed by atoms with Crippen molar-refractivity contribution in [3.8, 4) is 0 Å². The molecule has 0 aliphatic carbocycles. The normalized spacial score (nSPS) is 23.9. The highest BCUT2D eigenvalue weighted by Crippen LogP contribution is 2.27. The molecule has 2 aliphatic rings. The molecule has 2 atom stereocenters. The van der Waals surface area contributed by atoms with Crippen molar-refractivity contribution in [1.29, 1.82) is 0 Å². The summed E-state index contributed by atoms with van der Waals surface area (Å²) in [6.07, 6.45) is 2.31. The molecule has 4 N–H and O–H groups in total. The number of anilines is 1. The maximum Gasteiger partial charge on any atom is 0.238 e. The zero-order valence-electron chi connectivity index (χ0n) is 14.5. The Balaban J connectivity index is 1.62. The number of nitrogens with two attached hydrogens (primary N) is 1. The largest absolute Gasteiger partial charge is 0.355 e. The van der Waals surface area contributed by atoms with E-state index in [0.29, 0.717) is 18.2 Å². The van der Waals surface area contributed by atoms with Gasteiger partial charge in [0.25, 0.3) is 0 Å². The molecule has 2 unspecified atom stereocenters. The van der Waals surface area contributed by atoms with Crippen molar-refractivity contribution in [2.45, 2.75) is 24.2 Å². The Labute approximate surface area is 153 Å². The van der Waals surface area contributed by atoms with Gasteiger partial charge in [0, 0.05) is 25.2 Å². The lowest BCUT2D eigenvalue weighted by Gasteiger charge is -2.23. The highest BCUT2D eigenvalue weighted by atomic mass is 32.2. The summed E-state index contributed by atoms with van der Waals surface area (Å²) >= 11 is 0. The fourth-order valence-electron chi connectivity index (χ4n) is 3.45. The second-order valence-electron chi connectivity index (χ2n) is 6.91. The van der Waals surface area contributed by atoms with Gasteiger partial charge in [-0.3, -0.25) is 9.59 Å². The van der Waals surface area contributed by atoms with Gasteiger partial charge in [-0.2, -0.15) is 0 Å². The van der Waals surface area contributed by atoms with Crippen LogP contribution in [0.15, 0.2) is 29.2 Å². The van der Waals surface area contributed by atoms with Crippen molar-refractivity contribution >= 4 is 27.5 Å². The lowest BCUT2D eigenvalue weighted by atomic mass is 9.99. The minimum atomic E-state index is -3.85. The zero-order chi connectivity index (χ0) is 18.7. The van der Waals surface area contributed by atoms with Crippen LogP contribution in [0.3, 0.4) is 0 Å². The van der Waals surface area contributed by atoms with Crippen LogP contribution in [0.5, 0.6) is 0 Å². The van der Waals surface area contributed by atoms with Gasteiger partial charge in [0.05, 0.1) is 10.8 Å². The fraction of sp³-hybridized carbons (Fsp3) is 0.529. The maximum absolute atomic E-state index is 12.4. The number of hydrogen-bond acceptors (Lipinski definition) is 5. The Hall–Kier alpha value is -1.97. The van der Waals surface area contributed by atoms with Crippen molar-refractivity contribution in [3.63, 3.8) is 0 Å². The number of sulfonamides is 1. The first-order chi connectivity index (χ1) is 12.3. The van der Waals surface area contributed by atoms with Crippen LogP contribution < -0.4 is 20.7 Å². The number of piperidine rings is 1. The fourth-order valence-corrected chi connectivity index (χ4v) is 4.00. The van der Waals surface area contributed by atoms with E-state index < -0.39 is 15.9 Å². The molecule has 2 fully saturated rings. The minimum absolute atomic E-state index is 0.0551.